The number of nitrogens with two attached hydrogens (primary N) is 1. The number of hydrogen-bond acceptors (Lipinski definition) is 3. The highest BCUT2D eigenvalue weighted by molar-refractivity contribution is 6.52. The lowest BCUT2D eigenvalue weighted by Crippen LogP contribution is -2.18. The van der Waals surface area contributed by atoms with E-state index in [4.69, 9.17) is 40.5 Å². The molecule has 0 saturated heterocycles. The van der Waals surface area contributed by atoms with Crippen LogP contribution in [0.25, 0.3) is 0 Å². The summed E-state index contributed by atoms with van der Waals surface area (Å²) in [5.74, 6) is -2.00. The lowest BCUT2D eigenvalue weighted by molar-refractivity contribution is -0.117. The molecule has 136 valence electrons. The first-order chi connectivity index (χ1) is 12.2. The average molecular weight is 417 g/mol. The van der Waals surface area contributed by atoms with Gasteiger partial charge in [0.25, 0.3) is 5.91 Å². The third-order valence-corrected chi connectivity index (χ3v) is 5.05. The Hall–Kier alpha value is -2.02. The summed E-state index contributed by atoms with van der Waals surface area (Å²) in [5.41, 5.74) is 6.48. The van der Waals surface area contributed by atoms with Crippen molar-refractivity contribution < 1.29 is 14.0 Å². The van der Waals surface area contributed by atoms with Gasteiger partial charge in [0.15, 0.2) is 0 Å². The van der Waals surface area contributed by atoms with Gasteiger partial charge >= 0.3 is 0 Å². The summed E-state index contributed by atoms with van der Waals surface area (Å²) in [5, 5.41) is 5.29. The molecule has 1 atom stereocenters. The number of nitrogen functional groups attached to an aromatic ring is 1. The van der Waals surface area contributed by atoms with Crippen LogP contribution >= 0.6 is 34.8 Å². The van der Waals surface area contributed by atoms with Gasteiger partial charge in [0.05, 0.1) is 27.9 Å². The summed E-state index contributed by atoms with van der Waals surface area (Å²) in [7, 11) is 0. The average Bonchev–Trinajstić information content (AvgIpc) is 3.21. The minimum Gasteiger partial charge on any atom is -0.397 e. The topological polar surface area (TPSA) is 84.2 Å². The Morgan fingerprint density at radius 2 is 1.85 bits per heavy atom. The van der Waals surface area contributed by atoms with E-state index in [1.54, 1.807) is 6.07 Å². The van der Waals surface area contributed by atoms with Crippen molar-refractivity contribution in [3.05, 3.63) is 52.8 Å². The highest BCUT2D eigenvalue weighted by Gasteiger charge is 2.56. The van der Waals surface area contributed by atoms with E-state index in [2.05, 4.69) is 10.6 Å². The third-order valence-electron chi connectivity index (χ3n) is 3.88. The number of amides is 2. The second-order valence-electron chi connectivity index (χ2n) is 5.89. The van der Waals surface area contributed by atoms with Gasteiger partial charge in [0.1, 0.15) is 10.2 Å². The lowest BCUT2D eigenvalue weighted by Gasteiger charge is -2.11. The number of benzene rings is 2. The van der Waals surface area contributed by atoms with E-state index >= 15 is 0 Å². The van der Waals surface area contributed by atoms with Gasteiger partial charge in [0.2, 0.25) is 5.91 Å². The van der Waals surface area contributed by atoms with Crippen molar-refractivity contribution in [1.29, 1.82) is 0 Å². The molecule has 0 bridgehead atoms. The first-order valence-corrected chi connectivity index (χ1v) is 8.65. The molecule has 1 aliphatic rings. The molecule has 3 rings (SSSR count). The molecule has 1 aliphatic carbocycles. The largest absolute Gasteiger partial charge is 0.397 e. The third kappa shape index (κ3) is 4.03. The maximum atomic E-state index is 13.3. The Morgan fingerprint density at radius 1 is 1.15 bits per heavy atom. The quantitative estimate of drug-likeness (QED) is 0.509. The number of nitrogens with one attached hydrogen (secondary N) is 2. The van der Waals surface area contributed by atoms with Crippen molar-refractivity contribution in [2.24, 2.45) is 5.92 Å². The van der Waals surface area contributed by atoms with Gasteiger partial charge in [-0.3, -0.25) is 9.59 Å². The number of alkyl halides is 2. The maximum Gasteiger partial charge on any atom is 0.257 e. The summed E-state index contributed by atoms with van der Waals surface area (Å²) in [4.78, 5) is 24.5. The molecule has 0 spiro atoms. The number of rotatable bonds is 4. The van der Waals surface area contributed by atoms with Gasteiger partial charge in [-0.1, -0.05) is 11.6 Å². The Kier molecular flexibility index (Phi) is 5.01. The molecular formula is C17H13Cl3FN3O2. The highest BCUT2D eigenvalue weighted by atomic mass is 35.5. The highest BCUT2D eigenvalue weighted by Crippen LogP contribution is 2.53. The number of anilines is 3. The van der Waals surface area contributed by atoms with Crippen molar-refractivity contribution in [2.45, 2.75) is 10.8 Å². The van der Waals surface area contributed by atoms with Crippen LogP contribution in [-0.2, 0) is 4.79 Å². The van der Waals surface area contributed by atoms with Gasteiger partial charge in [0, 0.05) is 5.69 Å². The van der Waals surface area contributed by atoms with Gasteiger partial charge in [-0.25, -0.2) is 4.39 Å². The van der Waals surface area contributed by atoms with Crippen LogP contribution in [0.4, 0.5) is 21.5 Å². The van der Waals surface area contributed by atoms with Gasteiger partial charge < -0.3 is 16.4 Å². The van der Waals surface area contributed by atoms with E-state index in [0.29, 0.717) is 12.1 Å². The Bertz CT molecular complexity index is 905. The van der Waals surface area contributed by atoms with E-state index in [1.165, 1.54) is 24.3 Å². The van der Waals surface area contributed by atoms with E-state index < -0.39 is 22.0 Å². The standard InChI is InChI=1S/C17H13Cl3FN3O2/c18-12-3-2-9(23-16(26)11-7-17(11,19)20)6-10(12)15(25)24-14-5-8(21)1-4-13(14)22/h1-6,11H,7,22H2,(H,23,26)(H,24,25). The number of carbonyl (C=O) groups is 2. The fraction of sp³-hybridized carbons (Fsp3) is 0.176. The first-order valence-electron chi connectivity index (χ1n) is 7.52. The molecule has 1 saturated carbocycles. The second kappa shape index (κ2) is 6.95. The molecule has 2 aromatic rings. The minimum absolute atomic E-state index is 0.0898. The molecule has 5 nitrogen and oxygen atoms in total. The predicted molar refractivity (Wildman–Crippen MR) is 101 cm³/mol. The van der Waals surface area contributed by atoms with Gasteiger partial charge in [-0.05, 0) is 42.8 Å². The smallest absolute Gasteiger partial charge is 0.257 e. The molecule has 1 fully saturated rings. The summed E-state index contributed by atoms with van der Waals surface area (Å²) < 4.78 is 12.3. The van der Waals surface area contributed by atoms with Crippen LogP contribution in [0, 0.1) is 11.7 Å². The predicted octanol–water partition coefficient (Wildman–Crippen LogP) is 4.45. The Balaban J connectivity index is 1.78. The zero-order chi connectivity index (χ0) is 19.1. The van der Waals surface area contributed by atoms with Gasteiger partial charge in [-0.15, -0.1) is 23.2 Å². The molecule has 1 unspecified atom stereocenters. The summed E-state index contributed by atoms with van der Waals surface area (Å²) in [6.45, 7) is 0. The number of carbonyl (C=O) groups excluding carboxylic acids is 2. The van der Waals surface area contributed by atoms with E-state index in [0.717, 1.165) is 6.07 Å². The van der Waals surface area contributed by atoms with Gasteiger partial charge in [-0.2, -0.15) is 0 Å². The molecular weight excluding hydrogens is 404 g/mol. The molecule has 0 aliphatic heterocycles. The van der Waals surface area contributed by atoms with Crippen LogP contribution in [0.2, 0.25) is 5.02 Å². The van der Waals surface area contributed by atoms with Crippen LogP contribution < -0.4 is 16.4 Å². The monoisotopic (exact) mass is 415 g/mol. The minimum atomic E-state index is -1.05. The lowest BCUT2D eigenvalue weighted by atomic mass is 10.1. The van der Waals surface area contributed by atoms with Crippen LogP contribution in [0.5, 0.6) is 0 Å². The molecule has 4 N–H and O–H groups in total. The zero-order valence-corrected chi connectivity index (χ0v) is 15.4. The van der Waals surface area contributed by atoms with Crippen LogP contribution in [-0.4, -0.2) is 16.1 Å². The molecule has 2 aromatic carbocycles. The first kappa shape index (κ1) is 18.8. The Labute approximate surface area is 163 Å². The fourth-order valence-corrected chi connectivity index (χ4v) is 3.04. The van der Waals surface area contributed by atoms with Crippen molar-refractivity contribution >= 4 is 63.7 Å². The molecule has 0 aromatic heterocycles. The molecule has 2 amide bonds. The van der Waals surface area contributed by atoms with E-state index in [9.17, 15) is 14.0 Å². The van der Waals surface area contributed by atoms with Crippen LogP contribution in [0.1, 0.15) is 16.8 Å². The fourth-order valence-electron chi connectivity index (χ4n) is 2.33. The molecule has 0 heterocycles. The normalized spacial score (nSPS) is 17.5. The summed E-state index contributed by atoms with van der Waals surface area (Å²) in [6.07, 6.45) is 0.363. The zero-order valence-electron chi connectivity index (χ0n) is 13.2. The van der Waals surface area contributed by atoms with E-state index in [-0.39, 0.29) is 27.9 Å². The van der Waals surface area contributed by atoms with Crippen molar-refractivity contribution in [2.75, 3.05) is 16.4 Å². The van der Waals surface area contributed by atoms with Crippen molar-refractivity contribution in [3.63, 3.8) is 0 Å². The number of hydrogen-bond donors (Lipinski definition) is 3. The second-order valence-corrected chi connectivity index (χ2v) is 7.84. The summed E-state index contributed by atoms with van der Waals surface area (Å²) >= 11 is 17.8. The van der Waals surface area contributed by atoms with Crippen molar-refractivity contribution in [1.82, 2.24) is 0 Å². The Morgan fingerprint density at radius 3 is 2.50 bits per heavy atom. The van der Waals surface area contributed by atoms with Crippen LogP contribution in [0.15, 0.2) is 36.4 Å². The maximum absolute atomic E-state index is 13.3. The van der Waals surface area contributed by atoms with Crippen molar-refractivity contribution in [3.8, 4) is 0 Å². The molecule has 0 radical (unpaired) electrons. The summed E-state index contributed by atoms with van der Waals surface area (Å²) in [6, 6.07) is 8.02. The molecule has 26 heavy (non-hydrogen) atoms. The van der Waals surface area contributed by atoms with E-state index in [1.807, 2.05) is 0 Å². The number of halogens is 4. The van der Waals surface area contributed by atoms with Crippen LogP contribution in [0.3, 0.4) is 0 Å². The molecule has 9 heteroatoms. The SMILES string of the molecule is Nc1ccc(F)cc1NC(=O)c1cc(NC(=O)C2CC2(Cl)Cl)ccc1Cl.